The Morgan fingerprint density at radius 1 is 1.20 bits per heavy atom. The van der Waals surface area contributed by atoms with Crippen molar-refractivity contribution in [3.05, 3.63) is 0 Å². The summed E-state index contributed by atoms with van der Waals surface area (Å²) in [6.07, 6.45) is -0.111. The summed E-state index contributed by atoms with van der Waals surface area (Å²) in [5.41, 5.74) is 2.38. The highest BCUT2D eigenvalue weighted by molar-refractivity contribution is 5.82. The molecule has 0 spiro atoms. The Bertz CT molecular complexity index is 207. The number of hydrogen-bond donors (Lipinski definition) is 1. The Hall–Kier alpha value is -1.14. The quantitative estimate of drug-likeness (QED) is 0.480. The van der Waals surface area contributed by atoms with Crippen molar-refractivity contribution in [1.82, 2.24) is 5.48 Å². The summed E-state index contributed by atoms with van der Waals surface area (Å²) in [6.45, 7) is 3.91. The van der Waals surface area contributed by atoms with Gasteiger partial charge in [-0.25, -0.2) is 0 Å². The van der Waals surface area contributed by atoms with Gasteiger partial charge in [0.15, 0.2) is 0 Å². The Morgan fingerprint density at radius 2 is 1.80 bits per heavy atom. The number of rotatable bonds is 7. The fraction of sp³-hybridized carbons (Fsp3) is 0.778. The van der Waals surface area contributed by atoms with E-state index in [2.05, 4.69) is 10.3 Å². The van der Waals surface area contributed by atoms with Crippen LogP contribution in [0.25, 0.3) is 0 Å². The molecule has 6 heteroatoms. The molecule has 0 aliphatic heterocycles. The molecule has 0 radical (unpaired) electrons. The van der Waals surface area contributed by atoms with Gasteiger partial charge in [-0.3, -0.25) is 9.59 Å². The molecule has 1 atom stereocenters. The fourth-order valence-corrected chi connectivity index (χ4v) is 0.945. The average molecular weight is 219 g/mol. The van der Waals surface area contributed by atoms with Crippen molar-refractivity contribution < 1.29 is 23.9 Å². The molecule has 0 saturated carbocycles. The normalized spacial score (nSPS) is 11.9. The maximum Gasteiger partial charge on any atom is 0.326 e. The van der Waals surface area contributed by atoms with Crippen LogP contribution < -0.4 is 5.48 Å². The number of esters is 2. The number of ether oxygens (including phenoxy) is 2. The van der Waals surface area contributed by atoms with Crippen molar-refractivity contribution in [2.45, 2.75) is 26.3 Å². The highest BCUT2D eigenvalue weighted by atomic mass is 16.6. The molecule has 0 aromatic rings. The first-order valence-electron chi connectivity index (χ1n) is 4.76. The first kappa shape index (κ1) is 13.9. The first-order valence-corrected chi connectivity index (χ1v) is 4.76. The topological polar surface area (TPSA) is 73.9 Å². The van der Waals surface area contributed by atoms with E-state index in [9.17, 15) is 9.59 Å². The number of hydroxylamine groups is 1. The molecule has 0 aromatic heterocycles. The summed E-state index contributed by atoms with van der Waals surface area (Å²) in [4.78, 5) is 27.0. The van der Waals surface area contributed by atoms with Gasteiger partial charge in [0, 0.05) is 0 Å². The summed E-state index contributed by atoms with van der Waals surface area (Å²) in [5.74, 6) is -1.01. The number of carbonyl (C=O) groups excluding carboxylic acids is 2. The second kappa shape index (κ2) is 8.19. The molecule has 0 aliphatic carbocycles. The molecule has 0 amide bonds. The summed E-state index contributed by atoms with van der Waals surface area (Å²) in [7, 11) is 1.36. The molecule has 88 valence electrons. The van der Waals surface area contributed by atoms with E-state index < -0.39 is 18.0 Å². The lowest BCUT2D eigenvalue weighted by Gasteiger charge is -2.14. The van der Waals surface area contributed by atoms with Gasteiger partial charge in [0.2, 0.25) is 0 Å². The number of carbonyl (C=O) groups is 2. The molecule has 0 fully saturated rings. The highest BCUT2D eigenvalue weighted by Gasteiger charge is 2.23. The van der Waals surface area contributed by atoms with E-state index in [4.69, 9.17) is 9.47 Å². The first-order chi connectivity index (χ1) is 7.15. The Labute approximate surface area is 88.8 Å². The van der Waals surface area contributed by atoms with Crippen LogP contribution in [0, 0.1) is 0 Å². The van der Waals surface area contributed by atoms with E-state index in [1.54, 1.807) is 13.8 Å². The fourth-order valence-electron chi connectivity index (χ4n) is 0.945. The number of nitrogens with one attached hydrogen (secondary N) is 1. The zero-order chi connectivity index (χ0) is 11.7. The summed E-state index contributed by atoms with van der Waals surface area (Å²) >= 11 is 0. The van der Waals surface area contributed by atoms with Gasteiger partial charge in [-0.1, -0.05) is 0 Å². The molecular formula is C9H17NO5. The second-order valence-electron chi connectivity index (χ2n) is 2.64. The molecular weight excluding hydrogens is 202 g/mol. The summed E-state index contributed by atoms with van der Waals surface area (Å²) in [6, 6.07) is -0.825. The van der Waals surface area contributed by atoms with Crippen LogP contribution in [0.2, 0.25) is 0 Å². The molecule has 0 aliphatic rings. The lowest BCUT2D eigenvalue weighted by Crippen LogP contribution is -2.39. The van der Waals surface area contributed by atoms with Gasteiger partial charge in [-0.15, -0.1) is 0 Å². The van der Waals surface area contributed by atoms with Crippen molar-refractivity contribution in [2.24, 2.45) is 0 Å². The minimum Gasteiger partial charge on any atom is -0.466 e. The van der Waals surface area contributed by atoms with E-state index in [1.807, 2.05) is 0 Å². The molecule has 0 unspecified atom stereocenters. The maximum atomic E-state index is 11.3. The van der Waals surface area contributed by atoms with Crippen LogP contribution in [0.3, 0.4) is 0 Å². The zero-order valence-corrected chi connectivity index (χ0v) is 9.24. The second-order valence-corrected chi connectivity index (χ2v) is 2.64. The molecule has 0 rings (SSSR count). The molecule has 0 saturated heterocycles. The third kappa shape index (κ3) is 6.03. The van der Waals surface area contributed by atoms with Crippen molar-refractivity contribution >= 4 is 11.9 Å². The summed E-state index contributed by atoms with van der Waals surface area (Å²) in [5, 5.41) is 0. The number of hydrogen-bond acceptors (Lipinski definition) is 6. The van der Waals surface area contributed by atoms with E-state index in [-0.39, 0.29) is 19.6 Å². The van der Waals surface area contributed by atoms with E-state index in [0.29, 0.717) is 0 Å². The van der Waals surface area contributed by atoms with E-state index >= 15 is 0 Å². The molecule has 0 bridgehead atoms. The van der Waals surface area contributed by atoms with Gasteiger partial charge in [0.05, 0.1) is 26.7 Å². The molecule has 6 nitrogen and oxygen atoms in total. The van der Waals surface area contributed by atoms with Gasteiger partial charge < -0.3 is 14.3 Å². The predicted molar refractivity (Wildman–Crippen MR) is 51.8 cm³/mol. The Morgan fingerprint density at radius 3 is 2.27 bits per heavy atom. The van der Waals surface area contributed by atoms with Crippen LogP contribution in [-0.2, 0) is 23.9 Å². The SMILES string of the molecule is CCOC(=O)C[C@H](NOC)C(=O)OCC. The smallest absolute Gasteiger partial charge is 0.326 e. The van der Waals surface area contributed by atoms with Crippen LogP contribution in [0.1, 0.15) is 20.3 Å². The lowest BCUT2D eigenvalue weighted by molar-refractivity contribution is -0.156. The summed E-state index contributed by atoms with van der Waals surface area (Å²) < 4.78 is 9.45. The minimum atomic E-state index is -0.825. The van der Waals surface area contributed by atoms with E-state index in [0.717, 1.165) is 0 Å². The largest absolute Gasteiger partial charge is 0.466 e. The predicted octanol–water partition coefficient (Wildman–Crippen LogP) is 0.0223. The van der Waals surface area contributed by atoms with Crippen molar-refractivity contribution in [3.8, 4) is 0 Å². The lowest BCUT2D eigenvalue weighted by atomic mass is 10.2. The van der Waals surface area contributed by atoms with Crippen molar-refractivity contribution in [3.63, 3.8) is 0 Å². The van der Waals surface area contributed by atoms with Crippen LogP contribution >= 0.6 is 0 Å². The third-order valence-corrected chi connectivity index (χ3v) is 1.51. The Kier molecular flexibility index (Phi) is 7.57. The molecule has 0 aromatic carbocycles. The standard InChI is InChI=1S/C9H17NO5/c1-4-14-8(11)6-7(10-13-3)9(12)15-5-2/h7,10H,4-6H2,1-3H3/t7-/m0/s1. The minimum absolute atomic E-state index is 0.111. The van der Waals surface area contributed by atoms with Crippen LogP contribution in [-0.4, -0.2) is 38.3 Å². The highest BCUT2D eigenvalue weighted by Crippen LogP contribution is 1.98. The third-order valence-electron chi connectivity index (χ3n) is 1.51. The van der Waals surface area contributed by atoms with Crippen LogP contribution in [0.4, 0.5) is 0 Å². The van der Waals surface area contributed by atoms with Gasteiger partial charge in [0.25, 0.3) is 0 Å². The molecule has 15 heavy (non-hydrogen) atoms. The van der Waals surface area contributed by atoms with Crippen molar-refractivity contribution in [2.75, 3.05) is 20.3 Å². The average Bonchev–Trinajstić information content (AvgIpc) is 2.18. The molecule has 0 heterocycles. The zero-order valence-electron chi connectivity index (χ0n) is 9.24. The van der Waals surface area contributed by atoms with Gasteiger partial charge >= 0.3 is 11.9 Å². The van der Waals surface area contributed by atoms with Crippen LogP contribution in [0.15, 0.2) is 0 Å². The monoisotopic (exact) mass is 219 g/mol. The van der Waals surface area contributed by atoms with E-state index in [1.165, 1.54) is 7.11 Å². The maximum absolute atomic E-state index is 11.3. The van der Waals surface area contributed by atoms with Gasteiger partial charge in [0.1, 0.15) is 6.04 Å². The van der Waals surface area contributed by atoms with Crippen LogP contribution in [0.5, 0.6) is 0 Å². The van der Waals surface area contributed by atoms with Gasteiger partial charge in [-0.2, -0.15) is 5.48 Å². The molecule has 1 N–H and O–H groups in total. The van der Waals surface area contributed by atoms with Gasteiger partial charge in [-0.05, 0) is 13.8 Å². The van der Waals surface area contributed by atoms with Crippen molar-refractivity contribution in [1.29, 1.82) is 0 Å². The Balaban J connectivity index is 4.13.